The Balaban J connectivity index is 1.49. The Labute approximate surface area is 253 Å². The average molecular weight is 588 g/mol. The molecule has 4 nitrogen and oxygen atoms in total. The minimum atomic E-state index is -0.896. The fourth-order valence-electron chi connectivity index (χ4n) is 6.54. The molecule has 0 aliphatic carbocycles. The first kappa shape index (κ1) is 29.9. The van der Waals surface area contributed by atoms with E-state index in [0.717, 1.165) is 59.0 Å². The Morgan fingerprint density at radius 1 is 1.12 bits per heavy atom. The molecule has 3 aromatic rings. The Bertz CT molecular complexity index is 1600. The Morgan fingerprint density at radius 3 is 2.71 bits per heavy atom. The van der Waals surface area contributed by atoms with Crippen LogP contribution in [0.2, 0.25) is 5.02 Å². The number of benzene rings is 3. The molecule has 1 N–H and O–H groups in total. The van der Waals surface area contributed by atoms with Crippen molar-refractivity contribution >= 4 is 39.5 Å². The van der Waals surface area contributed by atoms with Gasteiger partial charge >= 0.3 is 5.97 Å². The first-order valence-electron chi connectivity index (χ1n) is 15.1. The van der Waals surface area contributed by atoms with Crippen LogP contribution in [0.15, 0.2) is 71.5 Å². The number of ether oxygens (including phenoxy) is 1. The number of aliphatic carboxylic acids is 1. The van der Waals surface area contributed by atoms with Gasteiger partial charge < -0.3 is 14.7 Å². The molecule has 0 unspecified atom stereocenters. The number of carboxylic acid groups (broad SMARTS) is 1. The molecule has 2 heterocycles. The van der Waals surface area contributed by atoms with E-state index < -0.39 is 5.97 Å². The quantitative estimate of drug-likeness (QED) is 0.189. The van der Waals surface area contributed by atoms with Gasteiger partial charge in [-0.25, -0.2) is 9.18 Å². The maximum Gasteiger partial charge on any atom is 0.331 e. The Kier molecular flexibility index (Phi) is 9.37. The van der Waals surface area contributed by atoms with Crippen molar-refractivity contribution < 1.29 is 19.0 Å². The first-order valence-corrected chi connectivity index (χ1v) is 15.5. The van der Waals surface area contributed by atoms with Gasteiger partial charge in [-0.2, -0.15) is 0 Å². The predicted molar refractivity (Wildman–Crippen MR) is 170 cm³/mol. The SMILES string of the molecule is CCC1=CCN2CCCCC2=C1c1c(Cl)ccc(/C(CCCOc2cccc3cc(F)ccc23)=C(\CC)C(=O)O)c1C. The number of rotatable bonds is 10. The maximum absolute atomic E-state index is 13.7. The van der Waals surface area contributed by atoms with Crippen molar-refractivity contribution in [2.24, 2.45) is 0 Å². The number of allylic oxidation sites excluding steroid dienone is 4. The molecule has 0 bridgehead atoms. The predicted octanol–water partition coefficient (Wildman–Crippen LogP) is 9.60. The molecule has 0 amide bonds. The molecular formula is C36H39ClFNO3. The standard InChI is InChI=1S/C36H39ClFNO3/c1-4-24-18-20-39-19-7-6-12-32(39)35(24)34-23(3)28(16-17-31(34)37)30(27(5-2)36(40)41)11-9-21-42-33-13-8-10-25-22-26(38)14-15-29(25)33/h8,10,13-18,22H,4-7,9,11-12,19-21H2,1-3H3,(H,40,41)/b30-27+. The van der Waals surface area contributed by atoms with Gasteiger partial charge in [-0.1, -0.05) is 49.7 Å². The number of nitrogens with zero attached hydrogens (tertiary/aromatic N) is 1. The second-order valence-electron chi connectivity index (χ2n) is 11.1. The second kappa shape index (κ2) is 13.2. The molecule has 3 aromatic carbocycles. The van der Waals surface area contributed by atoms with Gasteiger partial charge in [0.1, 0.15) is 11.6 Å². The fraction of sp³-hybridized carbons (Fsp3) is 0.361. The van der Waals surface area contributed by atoms with Gasteiger partial charge in [-0.05, 0) is 110 Å². The molecule has 0 saturated carbocycles. The van der Waals surface area contributed by atoms with E-state index in [-0.39, 0.29) is 5.82 Å². The summed E-state index contributed by atoms with van der Waals surface area (Å²) in [7, 11) is 0. The van der Waals surface area contributed by atoms with Crippen LogP contribution in [0, 0.1) is 12.7 Å². The molecular weight excluding hydrogens is 549 g/mol. The molecule has 0 radical (unpaired) electrons. The molecule has 6 heteroatoms. The van der Waals surface area contributed by atoms with Crippen LogP contribution in [-0.2, 0) is 4.79 Å². The Hall–Kier alpha value is -3.57. The van der Waals surface area contributed by atoms with Crippen molar-refractivity contribution in [2.75, 3.05) is 19.7 Å². The van der Waals surface area contributed by atoms with E-state index in [1.54, 1.807) is 6.07 Å². The zero-order valence-electron chi connectivity index (χ0n) is 24.7. The number of halogens is 2. The zero-order valence-corrected chi connectivity index (χ0v) is 25.5. The van der Waals surface area contributed by atoms with Gasteiger partial charge in [-0.15, -0.1) is 0 Å². The molecule has 1 fully saturated rings. The van der Waals surface area contributed by atoms with Crippen LogP contribution in [-0.4, -0.2) is 35.7 Å². The lowest BCUT2D eigenvalue weighted by Gasteiger charge is -2.38. The monoisotopic (exact) mass is 587 g/mol. The summed E-state index contributed by atoms with van der Waals surface area (Å²) in [6.07, 6.45) is 8.23. The van der Waals surface area contributed by atoms with E-state index in [1.165, 1.54) is 41.8 Å². The van der Waals surface area contributed by atoms with Crippen LogP contribution in [0.5, 0.6) is 5.75 Å². The van der Waals surface area contributed by atoms with E-state index in [0.29, 0.717) is 42.2 Å². The summed E-state index contributed by atoms with van der Waals surface area (Å²) in [5, 5.41) is 12.5. The average Bonchev–Trinajstić information content (AvgIpc) is 2.98. The molecule has 1 saturated heterocycles. The lowest BCUT2D eigenvalue weighted by molar-refractivity contribution is -0.132. The van der Waals surface area contributed by atoms with Gasteiger partial charge in [0.05, 0.1) is 6.61 Å². The lowest BCUT2D eigenvalue weighted by atomic mass is 9.82. The smallest absolute Gasteiger partial charge is 0.331 e. The third kappa shape index (κ3) is 5.98. The summed E-state index contributed by atoms with van der Waals surface area (Å²) in [5.41, 5.74) is 8.14. The molecule has 220 valence electrons. The summed E-state index contributed by atoms with van der Waals surface area (Å²) in [5.74, 6) is -0.485. The normalized spacial score (nSPS) is 15.8. The van der Waals surface area contributed by atoms with Crippen LogP contribution in [0.3, 0.4) is 0 Å². The van der Waals surface area contributed by atoms with Crippen molar-refractivity contribution in [1.29, 1.82) is 0 Å². The maximum atomic E-state index is 13.7. The van der Waals surface area contributed by atoms with Gasteiger partial charge in [-0.3, -0.25) is 0 Å². The topological polar surface area (TPSA) is 49.8 Å². The summed E-state index contributed by atoms with van der Waals surface area (Å²) >= 11 is 6.97. The highest BCUT2D eigenvalue weighted by Gasteiger charge is 2.28. The Morgan fingerprint density at radius 2 is 1.95 bits per heavy atom. The van der Waals surface area contributed by atoms with Gasteiger partial charge in [0.25, 0.3) is 0 Å². The summed E-state index contributed by atoms with van der Waals surface area (Å²) in [4.78, 5) is 14.9. The number of carbonyl (C=O) groups is 1. The lowest BCUT2D eigenvalue weighted by Crippen LogP contribution is -2.32. The van der Waals surface area contributed by atoms with Crippen LogP contribution in [0.4, 0.5) is 4.39 Å². The largest absolute Gasteiger partial charge is 0.493 e. The number of hydrogen-bond acceptors (Lipinski definition) is 3. The molecule has 5 rings (SSSR count). The minimum absolute atomic E-state index is 0.282. The summed E-state index contributed by atoms with van der Waals surface area (Å²) in [6, 6.07) is 14.2. The highest BCUT2D eigenvalue weighted by molar-refractivity contribution is 6.33. The molecule has 2 aliphatic rings. The van der Waals surface area contributed by atoms with Gasteiger partial charge in [0.2, 0.25) is 0 Å². The molecule has 2 aliphatic heterocycles. The van der Waals surface area contributed by atoms with E-state index in [4.69, 9.17) is 16.3 Å². The molecule has 0 aromatic heterocycles. The van der Waals surface area contributed by atoms with Crippen LogP contribution in [0.25, 0.3) is 21.9 Å². The number of piperidine rings is 1. The van der Waals surface area contributed by atoms with Crippen LogP contribution in [0.1, 0.15) is 75.5 Å². The van der Waals surface area contributed by atoms with E-state index in [2.05, 4.69) is 24.8 Å². The summed E-state index contributed by atoms with van der Waals surface area (Å²) in [6.45, 7) is 8.57. The zero-order chi connectivity index (χ0) is 29.8. The van der Waals surface area contributed by atoms with Gasteiger partial charge in [0.15, 0.2) is 0 Å². The highest BCUT2D eigenvalue weighted by Crippen LogP contribution is 2.44. The van der Waals surface area contributed by atoms with Crippen molar-refractivity contribution in [3.8, 4) is 5.75 Å². The van der Waals surface area contributed by atoms with Crippen molar-refractivity contribution in [3.63, 3.8) is 0 Å². The third-order valence-corrected chi connectivity index (χ3v) is 8.93. The second-order valence-corrected chi connectivity index (χ2v) is 11.5. The number of hydrogen-bond donors (Lipinski definition) is 1. The fourth-order valence-corrected chi connectivity index (χ4v) is 6.84. The summed E-state index contributed by atoms with van der Waals surface area (Å²) < 4.78 is 19.9. The first-order chi connectivity index (χ1) is 20.3. The molecule has 0 spiro atoms. The van der Waals surface area contributed by atoms with Crippen LogP contribution >= 0.6 is 11.6 Å². The van der Waals surface area contributed by atoms with Crippen molar-refractivity contribution in [1.82, 2.24) is 4.90 Å². The molecule has 0 atom stereocenters. The molecule has 42 heavy (non-hydrogen) atoms. The minimum Gasteiger partial charge on any atom is -0.493 e. The van der Waals surface area contributed by atoms with Gasteiger partial charge in [0, 0.05) is 45.9 Å². The van der Waals surface area contributed by atoms with Crippen molar-refractivity contribution in [3.05, 3.63) is 99.0 Å². The van der Waals surface area contributed by atoms with Crippen LogP contribution < -0.4 is 4.74 Å². The number of carboxylic acids is 1. The van der Waals surface area contributed by atoms with E-state index >= 15 is 0 Å². The third-order valence-electron chi connectivity index (χ3n) is 8.62. The van der Waals surface area contributed by atoms with E-state index in [9.17, 15) is 14.3 Å². The number of fused-ring (bicyclic) bond motifs is 2. The van der Waals surface area contributed by atoms with E-state index in [1.807, 2.05) is 37.3 Å². The highest BCUT2D eigenvalue weighted by atomic mass is 35.5. The van der Waals surface area contributed by atoms with Crippen molar-refractivity contribution in [2.45, 2.75) is 65.7 Å².